The molecule has 180 valence electrons. The average molecular weight is 496 g/mol. The molecule has 0 bridgehead atoms. The average Bonchev–Trinajstić information content (AvgIpc) is 3.38. The first-order valence-electron chi connectivity index (χ1n) is 11.5. The van der Waals surface area contributed by atoms with E-state index in [0.717, 1.165) is 21.4 Å². The first-order valence-corrected chi connectivity index (χ1v) is 12.3. The summed E-state index contributed by atoms with van der Waals surface area (Å²) in [6, 6.07) is 27.2. The summed E-state index contributed by atoms with van der Waals surface area (Å²) in [6.07, 6.45) is 3.49. The van der Waals surface area contributed by atoms with E-state index >= 15 is 0 Å². The fourth-order valence-electron chi connectivity index (χ4n) is 4.23. The minimum absolute atomic E-state index is 0.0757. The number of fused-ring (bicyclic) bond motifs is 1. The summed E-state index contributed by atoms with van der Waals surface area (Å²) in [5.74, 6) is 0.740. The van der Waals surface area contributed by atoms with Crippen LogP contribution in [0.5, 0.6) is 11.5 Å². The third-order valence-corrected chi connectivity index (χ3v) is 7.07. The van der Waals surface area contributed by atoms with Gasteiger partial charge in [-0.3, -0.25) is 14.7 Å². The topological polar surface area (TPSA) is 64.6 Å². The largest absolute Gasteiger partial charge is 0.495 e. The van der Waals surface area contributed by atoms with Crippen LogP contribution in [-0.4, -0.2) is 30.1 Å². The van der Waals surface area contributed by atoms with Gasteiger partial charge in [0.15, 0.2) is 5.13 Å². The van der Waals surface area contributed by atoms with Gasteiger partial charge in [0.2, 0.25) is 5.91 Å². The predicted molar refractivity (Wildman–Crippen MR) is 143 cm³/mol. The normalized spacial score (nSPS) is 11.0. The zero-order valence-electron chi connectivity index (χ0n) is 20.0. The summed E-state index contributed by atoms with van der Waals surface area (Å²) in [4.78, 5) is 25.3. The van der Waals surface area contributed by atoms with Crippen LogP contribution < -0.4 is 14.4 Å². The summed E-state index contributed by atoms with van der Waals surface area (Å²) in [6.45, 7) is 0.327. The van der Waals surface area contributed by atoms with Gasteiger partial charge in [-0.2, -0.15) is 0 Å². The van der Waals surface area contributed by atoms with E-state index in [1.165, 1.54) is 11.3 Å². The third kappa shape index (κ3) is 4.65. The number of carbonyl (C=O) groups is 1. The summed E-state index contributed by atoms with van der Waals surface area (Å²) < 4.78 is 12.0. The Bertz CT molecular complexity index is 1380. The van der Waals surface area contributed by atoms with Crippen molar-refractivity contribution in [1.82, 2.24) is 9.97 Å². The lowest BCUT2D eigenvalue weighted by atomic mass is 9.90. The summed E-state index contributed by atoms with van der Waals surface area (Å²) in [5.41, 5.74) is 3.41. The molecule has 0 spiro atoms. The zero-order chi connectivity index (χ0) is 24.9. The highest BCUT2D eigenvalue weighted by Crippen LogP contribution is 2.41. The van der Waals surface area contributed by atoms with Crippen molar-refractivity contribution in [3.05, 3.63) is 114 Å². The van der Waals surface area contributed by atoms with Gasteiger partial charge >= 0.3 is 0 Å². The number of nitrogens with zero attached hydrogens (tertiary/aromatic N) is 3. The van der Waals surface area contributed by atoms with E-state index in [1.807, 2.05) is 84.9 Å². The molecule has 0 aliphatic heterocycles. The van der Waals surface area contributed by atoms with Crippen LogP contribution in [0.1, 0.15) is 22.6 Å². The number of ether oxygens (including phenoxy) is 2. The molecule has 0 aliphatic carbocycles. The van der Waals surface area contributed by atoms with Crippen LogP contribution in [0.3, 0.4) is 0 Å². The van der Waals surface area contributed by atoms with Gasteiger partial charge < -0.3 is 9.47 Å². The number of thiazole rings is 1. The Balaban J connectivity index is 1.66. The molecule has 0 radical (unpaired) electrons. The highest BCUT2D eigenvalue weighted by Gasteiger charge is 2.31. The summed E-state index contributed by atoms with van der Waals surface area (Å²) >= 11 is 1.41. The minimum atomic E-state index is -0.500. The molecule has 5 rings (SSSR count). The second kappa shape index (κ2) is 10.6. The van der Waals surface area contributed by atoms with E-state index < -0.39 is 5.92 Å². The number of carbonyl (C=O) groups excluding carboxylic acids is 1. The standard InChI is InChI=1S/C29H25N3O3S/c1-34-23-15-16-24(35-2)27-26(23)31-29(36-27)32(19-20-10-9-17-30-18-20)28(33)25(21-11-5-3-6-12-21)22-13-7-4-8-14-22/h3-18,25H,19H2,1-2H3. The Morgan fingerprint density at radius 2 is 1.50 bits per heavy atom. The van der Waals surface area contributed by atoms with Gasteiger partial charge in [0.1, 0.15) is 21.7 Å². The Morgan fingerprint density at radius 1 is 0.861 bits per heavy atom. The van der Waals surface area contributed by atoms with Crippen LogP contribution >= 0.6 is 11.3 Å². The van der Waals surface area contributed by atoms with Crippen molar-refractivity contribution in [2.45, 2.75) is 12.5 Å². The van der Waals surface area contributed by atoms with Crippen molar-refractivity contribution in [3.8, 4) is 11.5 Å². The number of anilines is 1. The molecular weight excluding hydrogens is 470 g/mol. The molecule has 0 N–H and O–H groups in total. The summed E-state index contributed by atoms with van der Waals surface area (Å²) in [7, 11) is 3.24. The van der Waals surface area contributed by atoms with Crippen LogP contribution in [0.2, 0.25) is 0 Å². The van der Waals surface area contributed by atoms with Crippen molar-refractivity contribution < 1.29 is 14.3 Å². The van der Waals surface area contributed by atoms with E-state index in [-0.39, 0.29) is 5.91 Å². The van der Waals surface area contributed by atoms with E-state index in [1.54, 1.807) is 31.5 Å². The molecule has 36 heavy (non-hydrogen) atoms. The smallest absolute Gasteiger partial charge is 0.241 e. The third-order valence-electron chi connectivity index (χ3n) is 5.97. The van der Waals surface area contributed by atoms with Crippen LogP contribution in [-0.2, 0) is 11.3 Å². The lowest BCUT2D eigenvalue weighted by molar-refractivity contribution is -0.119. The summed E-state index contributed by atoms with van der Waals surface area (Å²) in [5, 5.41) is 0.568. The molecule has 7 heteroatoms. The van der Waals surface area contributed by atoms with Crippen LogP contribution in [0.4, 0.5) is 5.13 Å². The van der Waals surface area contributed by atoms with Gasteiger partial charge in [-0.25, -0.2) is 4.98 Å². The van der Waals surface area contributed by atoms with Gasteiger partial charge in [-0.05, 0) is 34.9 Å². The fourth-order valence-corrected chi connectivity index (χ4v) is 5.31. The van der Waals surface area contributed by atoms with E-state index in [9.17, 15) is 4.79 Å². The number of hydrogen-bond acceptors (Lipinski definition) is 6. The molecule has 0 aliphatic rings. The molecule has 2 heterocycles. The number of methoxy groups -OCH3 is 2. The first-order chi connectivity index (χ1) is 17.7. The molecule has 0 saturated carbocycles. The van der Waals surface area contributed by atoms with Gasteiger partial charge in [0.25, 0.3) is 0 Å². The lowest BCUT2D eigenvalue weighted by Crippen LogP contribution is -2.35. The number of rotatable bonds is 8. The second-order valence-electron chi connectivity index (χ2n) is 8.18. The number of amides is 1. The molecule has 6 nitrogen and oxygen atoms in total. The van der Waals surface area contributed by atoms with Crippen molar-refractivity contribution >= 4 is 32.6 Å². The Kier molecular flexibility index (Phi) is 6.91. The van der Waals surface area contributed by atoms with Gasteiger partial charge in [0.05, 0.1) is 26.7 Å². The van der Waals surface area contributed by atoms with Crippen LogP contribution in [0.15, 0.2) is 97.3 Å². The molecule has 1 amide bonds. The Morgan fingerprint density at radius 3 is 2.08 bits per heavy atom. The highest BCUT2D eigenvalue weighted by molar-refractivity contribution is 7.22. The van der Waals surface area contributed by atoms with Gasteiger partial charge in [0, 0.05) is 12.4 Å². The maximum absolute atomic E-state index is 14.4. The van der Waals surface area contributed by atoms with Crippen molar-refractivity contribution in [3.63, 3.8) is 0 Å². The zero-order valence-corrected chi connectivity index (χ0v) is 20.8. The van der Waals surface area contributed by atoms with Crippen molar-refractivity contribution in [1.29, 1.82) is 0 Å². The molecule has 0 atom stereocenters. The van der Waals surface area contributed by atoms with Crippen LogP contribution in [0.25, 0.3) is 10.2 Å². The van der Waals surface area contributed by atoms with E-state index in [0.29, 0.717) is 28.7 Å². The predicted octanol–water partition coefficient (Wildman–Crippen LogP) is 6.07. The number of aromatic nitrogens is 2. The maximum atomic E-state index is 14.4. The van der Waals surface area contributed by atoms with E-state index in [4.69, 9.17) is 14.5 Å². The van der Waals surface area contributed by atoms with Crippen LogP contribution in [0, 0.1) is 0 Å². The van der Waals surface area contributed by atoms with Crippen molar-refractivity contribution in [2.75, 3.05) is 19.1 Å². The molecule has 3 aromatic carbocycles. The highest BCUT2D eigenvalue weighted by atomic mass is 32.1. The monoisotopic (exact) mass is 495 g/mol. The first kappa shape index (κ1) is 23.5. The van der Waals surface area contributed by atoms with E-state index in [2.05, 4.69) is 4.98 Å². The molecule has 2 aromatic heterocycles. The molecular formula is C29H25N3O3S. The number of hydrogen-bond donors (Lipinski definition) is 0. The minimum Gasteiger partial charge on any atom is -0.495 e. The quantitative estimate of drug-likeness (QED) is 0.261. The number of pyridine rings is 1. The molecule has 0 unspecified atom stereocenters. The molecule has 5 aromatic rings. The maximum Gasteiger partial charge on any atom is 0.241 e. The fraction of sp³-hybridized carbons (Fsp3) is 0.138. The lowest BCUT2D eigenvalue weighted by Gasteiger charge is -2.26. The van der Waals surface area contributed by atoms with Crippen molar-refractivity contribution in [2.24, 2.45) is 0 Å². The second-order valence-corrected chi connectivity index (χ2v) is 9.16. The Labute approximate surface area is 213 Å². The van der Waals surface area contributed by atoms with Gasteiger partial charge in [-0.1, -0.05) is 78.1 Å². The molecule has 0 fully saturated rings. The number of benzene rings is 3. The molecule has 0 saturated heterocycles. The van der Waals surface area contributed by atoms with Gasteiger partial charge in [-0.15, -0.1) is 0 Å². The Hall–Kier alpha value is -4.23. The SMILES string of the molecule is COc1ccc(OC)c2sc(N(Cc3cccnc3)C(=O)C(c3ccccc3)c3ccccc3)nc12.